The van der Waals surface area contributed by atoms with Gasteiger partial charge in [0.1, 0.15) is 5.69 Å². The number of benzene rings is 2. The minimum absolute atomic E-state index is 0.0421. The number of hydrogen-bond acceptors (Lipinski definition) is 5. The van der Waals surface area contributed by atoms with Crippen LogP contribution in [0.25, 0.3) is 10.9 Å². The summed E-state index contributed by atoms with van der Waals surface area (Å²) in [5, 5.41) is 11.2. The molecule has 5 nitrogen and oxygen atoms in total. The van der Waals surface area contributed by atoms with Crippen molar-refractivity contribution in [1.29, 1.82) is 0 Å². The maximum Gasteiger partial charge on any atom is 0.306 e. The Labute approximate surface area is 171 Å². The van der Waals surface area contributed by atoms with Gasteiger partial charge in [-0.15, -0.1) is 0 Å². The van der Waals surface area contributed by atoms with Crippen LogP contribution in [0.3, 0.4) is 0 Å². The Balaban J connectivity index is 1.87. The number of Topliss-reactive ketones (excluding diaryl/α,β-unsaturated/α-hetero) is 1. The monoisotopic (exact) mass is 441 g/mol. The molecule has 6 heteroatoms. The van der Waals surface area contributed by atoms with Crippen LogP contribution in [-0.2, 0) is 16.0 Å². The smallest absolute Gasteiger partial charge is 0.306 e. The minimum atomic E-state index is -0.444. The summed E-state index contributed by atoms with van der Waals surface area (Å²) >= 11 is 3.39. The number of pyridine rings is 1. The Bertz CT molecular complexity index is 1020. The minimum Gasteiger partial charge on any atom is -0.504 e. The molecule has 0 fully saturated rings. The molecule has 1 heterocycles. The standard InChI is InChI=1S/C22H20BrNO4/c1-2-28-19(26)11-10-18(25)21-22(27)20(23)16-13-15(8-9-17(16)24-21)12-14-6-4-3-5-7-14/h3-9,13,27H,2,10-12H2,1H3. The summed E-state index contributed by atoms with van der Waals surface area (Å²) in [5.41, 5.74) is 2.81. The number of ether oxygens (including phenoxy) is 1. The molecule has 0 saturated carbocycles. The van der Waals surface area contributed by atoms with Crippen molar-refractivity contribution in [2.45, 2.75) is 26.2 Å². The third kappa shape index (κ3) is 4.57. The molecule has 3 rings (SSSR count). The lowest BCUT2D eigenvalue weighted by Crippen LogP contribution is -2.09. The van der Waals surface area contributed by atoms with Gasteiger partial charge in [-0.3, -0.25) is 9.59 Å². The van der Waals surface area contributed by atoms with E-state index in [2.05, 4.69) is 33.0 Å². The van der Waals surface area contributed by atoms with Crippen molar-refractivity contribution in [3.63, 3.8) is 0 Å². The van der Waals surface area contributed by atoms with Gasteiger partial charge in [0, 0.05) is 11.8 Å². The molecule has 0 saturated heterocycles. The molecule has 0 bridgehead atoms. The van der Waals surface area contributed by atoms with Crippen molar-refractivity contribution in [3.05, 3.63) is 69.8 Å². The molecule has 0 radical (unpaired) electrons. The number of rotatable bonds is 7. The van der Waals surface area contributed by atoms with Gasteiger partial charge in [0.15, 0.2) is 11.5 Å². The second-order valence-electron chi connectivity index (χ2n) is 6.37. The van der Waals surface area contributed by atoms with Crippen LogP contribution in [-0.4, -0.2) is 28.4 Å². The zero-order chi connectivity index (χ0) is 20.1. The highest BCUT2D eigenvalue weighted by atomic mass is 79.9. The molecule has 0 unspecified atom stereocenters. The first-order chi connectivity index (χ1) is 13.5. The van der Waals surface area contributed by atoms with E-state index in [1.54, 1.807) is 6.92 Å². The van der Waals surface area contributed by atoms with Crippen molar-refractivity contribution >= 4 is 38.6 Å². The van der Waals surface area contributed by atoms with Crippen molar-refractivity contribution in [1.82, 2.24) is 4.98 Å². The topological polar surface area (TPSA) is 76.5 Å². The zero-order valence-corrected chi connectivity index (χ0v) is 17.0. The van der Waals surface area contributed by atoms with Gasteiger partial charge in [0.05, 0.1) is 23.0 Å². The highest BCUT2D eigenvalue weighted by Gasteiger charge is 2.20. The first-order valence-corrected chi connectivity index (χ1v) is 9.82. The molecule has 3 aromatic rings. The summed E-state index contributed by atoms with van der Waals surface area (Å²) in [5.74, 6) is -1.06. The molecule has 1 aromatic heterocycles. The van der Waals surface area contributed by atoms with Gasteiger partial charge in [-0.25, -0.2) is 4.98 Å². The van der Waals surface area contributed by atoms with Crippen molar-refractivity contribution in [2.24, 2.45) is 0 Å². The number of aromatic nitrogens is 1. The van der Waals surface area contributed by atoms with Crippen molar-refractivity contribution in [2.75, 3.05) is 6.61 Å². The normalized spacial score (nSPS) is 10.8. The fourth-order valence-corrected chi connectivity index (χ4v) is 3.47. The van der Waals surface area contributed by atoms with Gasteiger partial charge in [-0.05, 0) is 52.5 Å². The SMILES string of the molecule is CCOC(=O)CCC(=O)c1nc2ccc(Cc3ccccc3)cc2c(Br)c1O. The lowest BCUT2D eigenvalue weighted by molar-refractivity contribution is -0.143. The maximum atomic E-state index is 12.4. The lowest BCUT2D eigenvalue weighted by atomic mass is 10.0. The molecule has 1 N–H and O–H groups in total. The van der Waals surface area contributed by atoms with Crippen LogP contribution in [0.15, 0.2) is 53.0 Å². The van der Waals surface area contributed by atoms with Gasteiger partial charge in [-0.2, -0.15) is 0 Å². The quantitative estimate of drug-likeness (QED) is 0.420. The Kier molecular flexibility index (Phi) is 6.41. The number of carbonyl (C=O) groups excluding carboxylic acids is 2. The summed E-state index contributed by atoms with van der Waals surface area (Å²) in [6, 6.07) is 15.8. The predicted octanol–water partition coefficient (Wildman–Crippen LogP) is 4.82. The molecule has 0 amide bonds. The molecule has 2 aromatic carbocycles. The predicted molar refractivity (Wildman–Crippen MR) is 111 cm³/mol. The van der Waals surface area contributed by atoms with Gasteiger partial charge >= 0.3 is 5.97 Å². The highest BCUT2D eigenvalue weighted by Crippen LogP contribution is 2.35. The summed E-state index contributed by atoms with van der Waals surface area (Å²) in [4.78, 5) is 28.2. The fourth-order valence-electron chi connectivity index (χ4n) is 2.96. The molecule has 28 heavy (non-hydrogen) atoms. The van der Waals surface area contributed by atoms with E-state index in [4.69, 9.17) is 4.74 Å². The highest BCUT2D eigenvalue weighted by molar-refractivity contribution is 9.10. The number of nitrogens with zero attached hydrogens (tertiary/aromatic N) is 1. The number of esters is 1. The van der Waals surface area contributed by atoms with Crippen molar-refractivity contribution < 1.29 is 19.4 Å². The largest absolute Gasteiger partial charge is 0.504 e. The van der Waals surface area contributed by atoms with Gasteiger partial charge in [0.2, 0.25) is 0 Å². The third-order valence-electron chi connectivity index (χ3n) is 4.34. The zero-order valence-electron chi connectivity index (χ0n) is 15.4. The number of ketones is 1. The molecular weight excluding hydrogens is 422 g/mol. The van der Waals surface area contributed by atoms with E-state index in [0.717, 1.165) is 17.4 Å². The number of carbonyl (C=O) groups is 2. The van der Waals surface area contributed by atoms with E-state index < -0.39 is 11.8 Å². The van der Waals surface area contributed by atoms with Crippen LogP contribution in [0.5, 0.6) is 5.75 Å². The first-order valence-electron chi connectivity index (χ1n) is 9.03. The van der Waals surface area contributed by atoms with Crippen molar-refractivity contribution in [3.8, 4) is 5.75 Å². The third-order valence-corrected chi connectivity index (χ3v) is 5.14. The Hall–Kier alpha value is -2.73. The lowest BCUT2D eigenvalue weighted by Gasteiger charge is -2.10. The number of hydrogen-bond donors (Lipinski definition) is 1. The van der Waals surface area contributed by atoms with Crippen LogP contribution in [0, 0.1) is 0 Å². The summed E-state index contributed by atoms with van der Waals surface area (Å²) in [7, 11) is 0. The van der Waals surface area contributed by atoms with Crippen LogP contribution in [0.4, 0.5) is 0 Å². The van der Waals surface area contributed by atoms with Crippen LogP contribution in [0.1, 0.15) is 41.4 Å². The maximum absolute atomic E-state index is 12.4. The summed E-state index contributed by atoms with van der Waals surface area (Å²) in [6.07, 6.45) is 0.646. The number of fused-ring (bicyclic) bond motifs is 1. The molecule has 0 spiro atoms. The second kappa shape index (κ2) is 8.97. The Morgan fingerprint density at radius 1 is 1.07 bits per heavy atom. The van der Waals surface area contributed by atoms with Crippen LogP contribution >= 0.6 is 15.9 Å². The summed E-state index contributed by atoms with van der Waals surface area (Å²) in [6.45, 7) is 1.98. The van der Waals surface area contributed by atoms with Gasteiger partial charge in [-0.1, -0.05) is 36.4 Å². The summed E-state index contributed by atoms with van der Waals surface area (Å²) < 4.78 is 5.25. The van der Waals surface area contributed by atoms with E-state index >= 15 is 0 Å². The molecule has 0 aliphatic carbocycles. The molecule has 0 atom stereocenters. The average molecular weight is 442 g/mol. The van der Waals surface area contributed by atoms with E-state index in [1.165, 1.54) is 5.56 Å². The van der Waals surface area contributed by atoms with E-state index in [-0.39, 0.29) is 30.9 Å². The van der Waals surface area contributed by atoms with Crippen LogP contribution in [0.2, 0.25) is 0 Å². The fraction of sp³-hybridized carbons (Fsp3) is 0.227. The van der Waals surface area contributed by atoms with Crippen LogP contribution < -0.4 is 0 Å². The average Bonchev–Trinajstić information content (AvgIpc) is 2.70. The molecule has 0 aliphatic rings. The Morgan fingerprint density at radius 3 is 2.54 bits per heavy atom. The van der Waals surface area contributed by atoms with E-state index in [1.807, 2.05) is 36.4 Å². The molecular formula is C22H20BrNO4. The number of halogens is 1. The van der Waals surface area contributed by atoms with E-state index in [9.17, 15) is 14.7 Å². The second-order valence-corrected chi connectivity index (χ2v) is 7.16. The molecule has 0 aliphatic heterocycles. The van der Waals surface area contributed by atoms with E-state index in [0.29, 0.717) is 9.99 Å². The van der Waals surface area contributed by atoms with Gasteiger partial charge in [0.25, 0.3) is 0 Å². The number of aromatic hydroxyl groups is 1. The Morgan fingerprint density at radius 2 is 1.82 bits per heavy atom. The first kappa shape index (κ1) is 20.0. The van der Waals surface area contributed by atoms with Gasteiger partial charge < -0.3 is 9.84 Å². The molecule has 144 valence electrons.